The number of esters is 1. The zero-order valence-electron chi connectivity index (χ0n) is 7.59. The van der Waals surface area contributed by atoms with Gasteiger partial charge < -0.3 is 4.74 Å². The van der Waals surface area contributed by atoms with Crippen LogP contribution in [0, 0.1) is 23.7 Å². The van der Waals surface area contributed by atoms with Gasteiger partial charge in [-0.3, -0.25) is 0 Å². The molecule has 66 valence electrons. The molecule has 2 atom stereocenters. The van der Waals surface area contributed by atoms with E-state index in [2.05, 4.69) is 23.5 Å². The van der Waals surface area contributed by atoms with E-state index in [1.807, 2.05) is 0 Å². The lowest BCUT2D eigenvalue weighted by molar-refractivity contribution is -0.133. The summed E-state index contributed by atoms with van der Waals surface area (Å²) < 4.78 is 4.42. The highest BCUT2D eigenvalue weighted by Crippen LogP contribution is 2.29. The van der Waals surface area contributed by atoms with Crippen molar-refractivity contribution in [3.05, 3.63) is 0 Å². The minimum Gasteiger partial charge on any atom is -0.459 e. The normalized spacial score (nSPS) is 27.5. The van der Waals surface area contributed by atoms with Crippen molar-refractivity contribution in [1.29, 1.82) is 0 Å². The maximum absolute atomic E-state index is 10.7. The molecule has 0 N–H and O–H groups in total. The SMILES string of the molecule is COC(=O)C#CC1CCC(C)C1. The van der Waals surface area contributed by atoms with Crippen molar-refractivity contribution < 1.29 is 9.53 Å². The summed E-state index contributed by atoms with van der Waals surface area (Å²) in [5.41, 5.74) is 0. The molecule has 0 spiro atoms. The van der Waals surface area contributed by atoms with Crippen molar-refractivity contribution in [2.45, 2.75) is 26.2 Å². The van der Waals surface area contributed by atoms with Crippen molar-refractivity contribution in [1.82, 2.24) is 0 Å². The Morgan fingerprint density at radius 1 is 1.50 bits per heavy atom. The van der Waals surface area contributed by atoms with Gasteiger partial charge in [-0.15, -0.1) is 0 Å². The second kappa shape index (κ2) is 4.15. The lowest BCUT2D eigenvalue weighted by atomic mass is 10.1. The summed E-state index contributed by atoms with van der Waals surface area (Å²) in [6, 6.07) is 0. The van der Waals surface area contributed by atoms with Crippen LogP contribution < -0.4 is 0 Å². The van der Waals surface area contributed by atoms with Crippen LogP contribution in [-0.2, 0) is 9.53 Å². The standard InChI is InChI=1S/C10H14O2/c1-8-3-4-9(7-8)5-6-10(11)12-2/h8-9H,3-4,7H2,1-2H3. The summed E-state index contributed by atoms with van der Waals surface area (Å²) in [7, 11) is 1.36. The van der Waals surface area contributed by atoms with Gasteiger partial charge in [-0.1, -0.05) is 12.8 Å². The number of carbonyl (C=O) groups excluding carboxylic acids is 1. The van der Waals surface area contributed by atoms with Crippen molar-refractivity contribution in [3.63, 3.8) is 0 Å². The molecule has 1 aliphatic rings. The Morgan fingerprint density at radius 3 is 2.75 bits per heavy atom. The average Bonchev–Trinajstić information content (AvgIpc) is 2.47. The van der Waals surface area contributed by atoms with Crippen molar-refractivity contribution in [2.75, 3.05) is 7.11 Å². The summed E-state index contributed by atoms with van der Waals surface area (Å²) in [5, 5.41) is 0. The highest BCUT2D eigenvalue weighted by molar-refractivity contribution is 5.88. The maximum atomic E-state index is 10.7. The molecule has 12 heavy (non-hydrogen) atoms. The van der Waals surface area contributed by atoms with E-state index in [9.17, 15) is 4.79 Å². The molecule has 0 amide bonds. The van der Waals surface area contributed by atoms with Crippen LogP contribution in [0.3, 0.4) is 0 Å². The van der Waals surface area contributed by atoms with E-state index in [4.69, 9.17) is 0 Å². The molecule has 0 saturated heterocycles. The maximum Gasteiger partial charge on any atom is 0.384 e. The third kappa shape index (κ3) is 2.58. The van der Waals surface area contributed by atoms with E-state index >= 15 is 0 Å². The first-order valence-corrected chi connectivity index (χ1v) is 4.32. The van der Waals surface area contributed by atoms with Gasteiger partial charge in [-0.2, -0.15) is 0 Å². The topological polar surface area (TPSA) is 26.3 Å². The fraction of sp³-hybridized carbons (Fsp3) is 0.700. The second-order valence-electron chi connectivity index (χ2n) is 3.38. The molecule has 2 nitrogen and oxygen atoms in total. The minimum absolute atomic E-state index is 0.416. The summed E-state index contributed by atoms with van der Waals surface area (Å²) in [6.45, 7) is 2.22. The largest absolute Gasteiger partial charge is 0.459 e. The Bertz CT molecular complexity index is 222. The highest BCUT2D eigenvalue weighted by atomic mass is 16.5. The van der Waals surface area contributed by atoms with Crippen LogP contribution in [0.4, 0.5) is 0 Å². The Morgan fingerprint density at radius 2 is 2.25 bits per heavy atom. The van der Waals surface area contributed by atoms with Gasteiger partial charge in [0.25, 0.3) is 0 Å². The molecule has 0 bridgehead atoms. The van der Waals surface area contributed by atoms with Gasteiger partial charge in [0, 0.05) is 11.8 Å². The van der Waals surface area contributed by atoms with Gasteiger partial charge in [0.15, 0.2) is 0 Å². The number of methoxy groups -OCH3 is 1. The number of hydrogen-bond acceptors (Lipinski definition) is 2. The number of rotatable bonds is 0. The molecular weight excluding hydrogens is 152 g/mol. The van der Waals surface area contributed by atoms with Gasteiger partial charge in [0.05, 0.1) is 7.11 Å². The number of ether oxygens (including phenoxy) is 1. The Kier molecular flexibility index (Phi) is 3.16. The quantitative estimate of drug-likeness (QED) is 0.310. The van der Waals surface area contributed by atoms with Crippen LogP contribution in [0.1, 0.15) is 26.2 Å². The fourth-order valence-corrected chi connectivity index (χ4v) is 1.55. The number of carbonyl (C=O) groups is 1. The molecule has 1 saturated carbocycles. The number of hydrogen-bond donors (Lipinski definition) is 0. The first-order chi connectivity index (χ1) is 5.72. The molecule has 0 radical (unpaired) electrons. The van der Waals surface area contributed by atoms with Crippen LogP contribution in [0.5, 0.6) is 0 Å². The predicted molar refractivity (Wildman–Crippen MR) is 46.3 cm³/mol. The molecule has 2 unspecified atom stereocenters. The molecule has 0 aromatic carbocycles. The average molecular weight is 166 g/mol. The summed E-state index contributed by atoms with van der Waals surface area (Å²) in [6.07, 6.45) is 3.50. The zero-order valence-corrected chi connectivity index (χ0v) is 7.59. The van der Waals surface area contributed by atoms with Crippen molar-refractivity contribution in [3.8, 4) is 11.8 Å². The smallest absolute Gasteiger partial charge is 0.384 e. The van der Waals surface area contributed by atoms with Gasteiger partial charge in [-0.25, -0.2) is 4.79 Å². The Labute approximate surface area is 73.3 Å². The Balaban J connectivity index is 2.39. The third-order valence-electron chi connectivity index (χ3n) is 2.26. The summed E-state index contributed by atoms with van der Waals surface area (Å²) in [5.74, 6) is 6.18. The second-order valence-corrected chi connectivity index (χ2v) is 3.38. The van der Waals surface area contributed by atoms with Crippen LogP contribution in [0.2, 0.25) is 0 Å². The lowest BCUT2D eigenvalue weighted by Crippen LogP contribution is -1.97. The van der Waals surface area contributed by atoms with E-state index in [1.165, 1.54) is 13.5 Å². The molecular formula is C10H14O2. The van der Waals surface area contributed by atoms with Crippen LogP contribution in [0.15, 0.2) is 0 Å². The first-order valence-electron chi connectivity index (χ1n) is 4.32. The molecule has 0 heterocycles. The molecule has 0 aliphatic heterocycles. The van der Waals surface area contributed by atoms with Gasteiger partial charge in [-0.05, 0) is 25.2 Å². The molecule has 1 fully saturated rings. The molecule has 0 aromatic rings. The molecule has 0 aromatic heterocycles. The highest BCUT2D eigenvalue weighted by Gasteiger charge is 2.19. The molecule has 1 rings (SSSR count). The monoisotopic (exact) mass is 166 g/mol. The fourth-order valence-electron chi connectivity index (χ4n) is 1.55. The van der Waals surface area contributed by atoms with Crippen LogP contribution >= 0.6 is 0 Å². The lowest BCUT2D eigenvalue weighted by Gasteiger charge is -1.97. The van der Waals surface area contributed by atoms with E-state index in [0.29, 0.717) is 5.92 Å². The van der Waals surface area contributed by atoms with Gasteiger partial charge in [0.1, 0.15) is 0 Å². The van der Waals surface area contributed by atoms with Crippen LogP contribution in [0.25, 0.3) is 0 Å². The van der Waals surface area contributed by atoms with E-state index < -0.39 is 5.97 Å². The zero-order chi connectivity index (χ0) is 8.97. The summed E-state index contributed by atoms with van der Waals surface area (Å²) >= 11 is 0. The van der Waals surface area contributed by atoms with E-state index in [1.54, 1.807) is 0 Å². The van der Waals surface area contributed by atoms with Crippen LogP contribution in [-0.4, -0.2) is 13.1 Å². The first kappa shape index (κ1) is 9.12. The van der Waals surface area contributed by atoms with Gasteiger partial charge in [0.2, 0.25) is 0 Å². The molecule has 2 heteroatoms. The Hall–Kier alpha value is -0.970. The molecule has 1 aliphatic carbocycles. The van der Waals surface area contributed by atoms with E-state index in [-0.39, 0.29) is 0 Å². The minimum atomic E-state index is -0.422. The van der Waals surface area contributed by atoms with Crippen molar-refractivity contribution >= 4 is 5.97 Å². The predicted octanol–water partition coefficient (Wildman–Crippen LogP) is 1.60. The summed E-state index contributed by atoms with van der Waals surface area (Å²) in [4.78, 5) is 10.7. The van der Waals surface area contributed by atoms with Gasteiger partial charge >= 0.3 is 5.97 Å². The third-order valence-corrected chi connectivity index (χ3v) is 2.26. The van der Waals surface area contributed by atoms with Crippen molar-refractivity contribution in [2.24, 2.45) is 11.8 Å². The van der Waals surface area contributed by atoms with E-state index in [0.717, 1.165) is 18.8 Å².